The first kappa shape index (κ1) is 21.4. The molecule has 3 saturated heterocycles. The van der Waals surface area contributed by atoms with Gasteiger partial charge in [0.1, 0.15) is 0 Å². The van der Waals surface area contributed by atoms with Crippen LogP contribution in [0.5, 0.6) is 0 Å². The Morgan fingerprint density at radius 2 is 1.97 bits per heavy atom. The molecule has 0 radical (unpaired) electrons. The number of fused-ring (bicyclic) bond motifs is 1. The SMILES string of the molecule is CCC[C@H](C(=O)NCCCC(=O)ON1C(=O)CCC1=O)C1SC[C@@H]2NC(=O)N[C@H]12. The highest BCUT2D eigenvalue weighted by atomic mass is 32.2. The second kappa shape index (κ2) is 9.47. The third-order valence-electron chi connectivity index (χ3n) is 5.26. The number of hydrogen-bond acceptors (Lipinski definition) is 7. The van der Waals surface area contributed by atoms with Crippen LogP contribution in [-0.4, -0.2) is 64.4 Å². The van der Waals surface area contributed by atoms with Crippen LogP contribution in [0.4, 0.5) is 4.79 Å². The third kappa shape index (κ3) is 5.01. The van der Waals surface area contributed by atoms with Gasteiger partial charge in [-0.25, -0.2) is 9.59 Å². The fourth-order valence-corrected chi connectivity index (χ4v) is 5.51. The smallest absolute Gasteiger partial charge is 0.333 e. The van der Waals surface area contributed by atoms with Crippen LogP contribution >= 0.6 is 11.8 Å². The van der Waals surface area contributed by atoms with E-state index in [0.717, 1.165) is 12.2 Å². The van der Waals surface area contributed by atoms with E-state index in [2.05, 4.69) is 16.0 Å². The van der Waals surface area contributed by atoms with E-state index in [-0.39, 0.29) is 61.0 Å². The maximum absolute atomic E-state index is 12.7. The van der Waals surface area contributed by atoms with Gasteiger partial charge in [0.05, 0.1) is 18.0 Å². The molecule has 0 saturated carbocycles. The second-order valence-corrected chi connectivity index (χ2v) is 8.59. The summed E-state index contributed by atoms with van der Waals surface area (Å²) in [6.45, 7) is 2.30. The fraction of sp³-hybridized carbons (Fsp3) is 0.722. The summed E-state index contributed by atoms with van der Waals surface area (Å²) >= 11 is 1.69. The van der Waals surface area contributed by atoms with Gasteiger partial charge in [-0.05, 0) is 12.8 Å². The van der Waals surface area contributed by atoms with Crippen molar-refractivity contribution in [3.63, 3.8) is 0 Å². The maximum Gasteiger partial charge on any atom is 0.333 e. The van der Waals surface area contributed by atoms with E-state index in [0.29, 0.717) is 17.9 Å². The zero-order valence-corrected chi connectivity index (χ0v) is 17.1. The molecule has 11 heteroatoms. The lowest BCUT2D eigenvalue weighted by atomic mass is 9.91. The zero-order chi connectivity index (χ0) is 21.0. The molecule has 10 nitrogen and oxygen atoms in total. The number of amides is 5. The zero-order valence-electron chi connectivity index (χ0n) is 16.3. The molecule has 3 aliphatic rings. The largest absolute Gasteiger partial charge is 0.356 e. The van der Waals surface area contributed by atoms with Gasteiger partial charge in [0.15, 0.2) is 0 Å². The van der Waals surface area contributed by atoms with Gasteiger partial charge in [-0.15, -0.1) is 5.06 Å². The van der Waals surface area contributed by atoms with Crippen molar-refractivity contribution >= 4 is 41.5 Å². The molecular weight excluding hydrogens is 400 g/mol. The first-order valence-corrected chi connectivity index (χ1v) is 11.0. The van der Waals surface area contributed by atoms with E-state index in [9.17, 15) is 24.0 Å². The molecular formula is C18H26N4O6S. The van der Waals surface area contributed by atoms with Crippen molar-refractivity contribution in [2.75, 3.05) is 12.3 Å². The standard InChI is InChI=1S/C18H26N4O6S/c1-2-4-10(16-15-11(9-29-16)20-18(27)21-15)17(26)19-8-3-5-14(25)28-22-12(23)6-7-13(22)24/h10-11,15-16H,2-9H2,1H3,(H,19,26)(H2,20,21,27)/t10-,11-,15-,16?/m0/s1. The van der Waals surface area contributed by atoms with Crippen LogP contribution in [0.1, 0.15) is 45.4 Å². The average Bonchev–Trinajstić information content (AvgIpc) is 3.33. The first-order valence-electron chi connectivity index (χ1n) is 9.93. The predicted octanol–water partition coefficient (Wildman–Crippen LogP) is 0.0717. The molecule has 0 aromatic rings. The molecule has 1 unspecified atom stereocenters. The minimum atomic E-state index is -0.679. The van der Waals surface area contributed by atoms with Gasteiger partial charge >= 0.3 is 12.0 Å². The van der Waals surface area contributed by atoms with E-state index in [1.807, 2.05) is 6.92 Å². The van der Waals surface area contributed by atoms with Gasteiger partial charge in [0.2, 0.25) is 5.91 Å². The molecule has 3 heterocycles. The Labute approximate surface area is 172 Å². The highest BCUT2D eigenvalue weighted by molar-refractivity contribution is 8.00. The lowest BCUT2D eigenvalue weighted by Gasteiger charge is -2.26. The quantitative estimate of drug-likeness (QED) is 0.270. The minimum absolute atomic E-state index is 0.0102. The number of rotatable bonds is 9. The predicted molar refractivity (Wildman–Crippen MR) is 103 cm³/mol. The molecule has 3 N–H and O–H groups in total. The minimum Gasteiger partial charge on any atom is -0.356 e. The summed E-state index contributed by atoms with van der Waals surface area (Å²) in [5.41, 5.74) is 0. The van der Waals surface area contributed by atoms with Crippen LogP contribution in [0.15, 0.2) is 0 Å². The number of carbonyl (C=O) groups excluding carboxylic acids is 5. The number of imide groups is 1. The Bertz CT molecular complexity index is 686. The number of thioether (sulfide) groups is 1. The van der Waals surface area contributed by atoms with E-state index in [4.69, 9.17) is 4.84 Å². The number of nitrogens with zero attached hydrogens (tertiary/aromatic N) is 1. The lowest BCUT2D eigenvalue weighted by Crippen LogP contribution is -2.46. The molecule has 0 aliphatic carbocycles. The van der Waals surface area contributed by atoms with Crippen molar-refractivity contribution in [3.05, 3.63) is 0 Å². The molecule has 0 bridgehead atoms. The van der Waals surface area contributed by atoms with Crippen LogP contribution in [0, 0.1) is 5.92 Å². The molecule has 29 heavy (non-hydrogen) atoms. The van der Waals surface area contributed by atoms with E-state index >= 15 is 0 Å². The van der Waals surface area contributed by atoms with Crippen molar-refractivity contribution in [1.82, 2.24) is 21.0 Å². The normalized spacial score (nSPS) is 26.7. The molecule has 0 aromatic heterocycles. The fourth-order valence-electron chi connectivity index (χ4n) is 3.83. The monoisotopic (exact) mass is 426 g/mol. The maximum atomic E-state index is 12.7. The highest BCUT2D eigenvalue weighted by Crippen LogP contribution is 2.36. The van der Waals surface area contributed by atoms with Gasteiger partial charge in [0.25, 0.3) is 11.8 Å². The average molecular weight is 426 g/mol. The van der Waals surface area contributed by atoms with Crippen molar-refractivity contribution in [3.8, 4) is 0 Å². The van der Waals surface area contributed by atoms with Gasteiger partial charge in [-0.1, -0.05) is 13.3 Å². The third-order valence-corrected chi connectivity index (χ3v) is 6.82. The summed E-state index contributed by atoms with van der Waals surface area (Å²) < 4.78 is 0. The van der Waals surface area contributed by atoms with Crippen LogP contribution in [0.25, 0.3) is 0 Å². The number of carbonyl (C=O) groups is 5. The van der Waals surface area contributed by atoms with Crippen molar-refractivity contribution in [2.24, 2.45) is 5.92 Å². The number of nitrogens with one attached hydrogen (secondary N) is 3. The first-order chi connectivity index (χ1) is 13.9. The summed E-state index contributed by atoms with van der Waals surface area (Å²) in [5.74, 6) is -1.25. The Morgan fingerprint density at radius 1 is 1.24 bits per heavy atom. The highest BCUT2D eigenvalue weighted by Gasteiger charge is 2.47. The topological polar surface area (TPSA) is 134 Å². The summed E-state index contributed by atoms with van der Waals surface area (Å²) in [4.78, 5) is 63.8. The van der Waals surface area contributed by atoms with Crippen molar-refractivity contribution in [1.29, 1.82) is 0 Å². The Hall–Kier alpha value is -2.30. The second-order valence-electron chi connectivity index (χ2n) is 7.38. The van der Waals surface area contributed by atoms with Crippen molar-refractivity contribution in [2.45, 2.75) is 62.8 Å². The molecule has 160 valence electrons. The van der Waals surface area contributed by atoms with Gasteiger partial charge in [-0.3, -0.25) is 14.4 Å². The number of hydroxylamine groups is 2. The van der Waals surface area contributed by atoms with Crippen LogP contribution < -0.4 is 16.0 Å². The molecule has 5 amide bonds. The summed E-state index contributed by atoms with van der Waals surface area (Å²) in [6.07, 6.45) is 1.98. The van der Waals surface area contributed by atoms with Crippen LogP contribution in [0.2, 0.25) is 0 Å². The van der Waals surface area contributed by atoms with Gasteiger partial charge in [-0.2, -0.15) is 11.8 Å². The lowest BCUT2D eigenvalue weighted by molar-refractivity contribution is -0.197. The molecule has 4 atom stereocenters. The molecule has 3 rings (SSSR count). The van der Waals surface area contributed by atoms with Gasteiger partial charge < -0.3 is 20.8 Å². The molecule has 3 aliphatic heterocycles. The van der Waals surface area contributed by atoms with E-state index < -0.39 is 17.8 Å². The Morgan fingerprint density at radius 3 is 2.66 bits per heavy atom. The van der Waals surface area contributed by atoms with Crippen LogP contribution in [0.3, 0.4) is 0 Å². The molecule has 0 spiro atoms. The Balaban J connectivity index is 1.42. The number of hydrogen-bond donors (Lipinski definition) is 3. The summed E-state index contributed by atoms with van der Waals surface area (Å²) in [5, 5.41) is 9.18. The van der Waals surface area contributed by atoms with Crippen molar-refractivity contribution < 1.29 is 28.8 Å². The van der Waals surface area contributed by atoms with Gasteiger partial charge in [0, 0.05) is 36.8 Å². The Kier molecular flexibility index (Phi) is 6.99. The van der Waals surface area contributed by atoms with E-state index in [1.165, 1.54) is 0 Å². The summed E-state index contributed by atoms with van der Waals surface area (Å²) in [6, 6.07) is -0.190. The molecule has 0 aromatic carbocycles. The summed E-state index contributed by atoms with van der Waals surface area (Å²) in [7, 11) is 0. The number of urea groups is 1. The molecule has 3 fully saturated rings. The van der Waals surface area contributed by atoms with E-state index in [1.54, 1.807) is 11.8 Å². The van der Waals surface area contributed by atoms with Crippen LogP contribution in [-0.2, 0) is 24.0 Å².